The van der Waals surface area contributed by atoms with Crippen molar-refractivity contribution in [3.63, 3.8) is 0 Å². The van der Waals surface area contributed by atoms with Crippen LogP contribution in [-0.2, 0) is 11.3 Å². The number of benzene rings is 1. The molecule has 0 saturated heterocycles. The molecule has 1 N–H and O–H groups in total. The van der Waals surface area contributed by atoms with E-state index in [-0.39, 0.29) is 5.91 Å². The molecule has 1 aromatic heterocycles. The normalized spacial score (nSPS) is 14.4. The lowest BCUT2D eigenvalue weighted by atomic mass is 10.3. The van der Waals surface area contributed by atoms with Crippen molar-refractivity contribution in [1.82, 2.24) is 14.9 Å². The monoisotopic (exact) mass is 287 g/mol. The average molecular weight is 287 g/mol. The highest BCUT2D eigenvalue weighted by atomic mass is 32.2. The van der Waals surface area contributed by atoms with Crippen LogP contribution < -0.4 is 5.32 Å². The third-order valence-corrected chi connectivity index (χ3v) is 4.18. The number of carbonyl (C=O) groups is 1. The number of thioether (sulfide) groups is 1. The summed E-state index contributed by atoms with van der Waals surface area (Å²) in [7, 11) is 0. The topological polar surface area (TPSA) is 46.9 Å². The lowest BCUT2D eigenvalue weighted by molar-refractivity contribution is -0.118. The van der Waals surface area contributed by atoms with Crippen LogP contribution in [0.5, 0.6) is 0 Å². The molecule has 1 aliphatic carbocycles. The Hall–Kier alpha value is -1.75. The molecule has 1 amide bonds. The first-order valence-corrected chi connectivity index (χ1v) is 7.75. The fourth-order valence-electron chi connectivity index (χ4n) is 2.10. The molecular formula is C15H17N3OS. The highest BCUT2D eigenvalue weighted by Gasteiger charge is 2.23. The minimum absolute atomic E-state index is 0.0923. The average Bonchev–Trinajstić information content (AvgIpc) is 3.19. The molecular weight excluding hydrogens is 270 g/mol. The van der Waals surface area contributed by atoms with E-state index >= 15 is 0 Å². The zero-order valence-electron chi connectivity index (χ0n) is 11.2. The van der Waals surface area contributed by atoms with Gasteiger partial charge in [-0.05, 0) is 25.0 Å². The molecule has 3 rings (SSSR count). The van der Waals surface area contributed by atoms with Gasteiger partial charge >= 0.3 is 0 Å². The van der Waals surface area contributed by atoms with Crippen LogP contribution in [-0.4, -0.2) is 27.3 Å². The van der Waals surface area contributed by atoms with E-state index in [9.17, 15) is 4.79 Å². The fourth-order valence-corrected chi connectivity index (χ4v) is 2.93. The largest absolute Gasteiger partial charge is 0.353 e. The molecule has 1 aliphatic rings. The molecule has 20 heavy (non-hydrogen) atoms. The number of nitrogens with zero attached hydrogens (tertiary/aromatic N) is 2. The summed E-state index contributed by atoms with van der Waals surface area (Å²) in [6.45, 7) is 4.49. The number of allylic oxidation sites excluding steroid dienone is 1. The van der Waals surface area contributed by atoms with Gasteiger partial charge in [0.25, 0.3) is 0 Å². The molecule has 0 aliphatic heterocycles. The summed E-state index contributed by atoms with van der Waals surface area (Å²) in [4.78, 5) is 16.4. The van der Waals surface area contributed by atoms with Crippen molar-refractivity contribution < 1.29 is 4.79 Å². The minimum atomic E-state index is 0.0923. The molecule has 1 aromatic carbocycles. The first-order valence-electron chi connectivity index (χ1n) is 6.76. The fraction of sp³-hybridized carbons (Fsp3) is 0.333. The third-order valence-electron chi connectivity index (χ3n) is 3.21. The molecule has 4 nitrogen and oxygen atoms in total. The number of aromatic nitrogens is 2. The van der Waals surface area contributed by atoms with Crippen LogP contribution >= 0.6 is 11.8 Å². The van der Waals surface area contributed by atoms with Gasteiger partial charge in [0.2, 0.25) is 5.91 Å². The van der Waals surface area contributed by atoms with Gasteiger partial charge in [0.05, 0.1) is 16.8 Å². The Bertz CT molecular complexity index is 646. The first kappa shape index (κ1) is 13.2. The van der Waals surface area contributed by atoms with Crippen LogP contribution in [0.1, 0.15) is 12.8 Å². The molecule has 0 atom stereocenters. The first-order chi connectivity index (χ1) is 9.78. The molecule has 0 bridgehead atoms. The van der Waals surface area contributed by atoms with Crippen LogP contribution in [0.4, 0.5) is 0 Å². The molecule has 0 spiro atoms. The second-order valence-corrected chi connectivity index (χ2v) is 5.86. The predicted octanol–water partition coefficient (Wildman–Crippen LogP) is 2.59. The lowest BCUT2D eigenvalue weighted by Crippen LogP contribution is -2.27. The highest BCUT2D eigenvalue weighted by Crippen LogP contribution is 2.24. The second-order valence-electron chi connectivity index (χ2n) is 4.91. The number of fused-ring (bicyclic) bond motifs is 1. The molecule has 1 fully saturated rings. The van der Waals surface area contributed by atoms with Crippen molar-refractivity contribution in [3.05, 3.63) is 36.9 Å². The van der Waals surface area contributed by atoms with E-state index in [0.717, 1.165) is 29.0 Å². The van der Waals surface area contributed by atoms with E-state index in [1.807, 2.05) is 30.3 Å². The van der Waals surface area contributed by atoms with Crippen LogP contribution in [0.3, 0.4) is 0 Å². The summed E-state index contributed by atoms with van der Waals surface area (Å²) in [6, 6.07) is 8.42. The molecule has 0 unspecified atom stereocenters. The number of para-hydroxylation sites is 2. The lowest BCUT2D eigenvalue weighted by Gasteiger charge is -2.06. The van der Waals surface area contributed by atoms with Gasteiger partial charge < -0.3 is 9.88 Å². The summed E-state index contributed by atoms with van der Waals surface area (Å²) < 4.78 is 2.09. The van der Waals surface area contributed by atoms with E-state index in [1.165, 1.54) is 11.8 Å². The van der Waals surface area contributed by atoms with Crippen molar-refractivity contribution in [2.45, 2.75) is 30.6 Å². The van der Waals surface area contributed by atoms with Crippen LogP contribution in [0.25, 0.3) is 11.0 Å². The SMILES string of the molecule is C=CCn1c(SCC(=O)NC2CC2)nc2ccccc21. The van der Waals surface area contributed by atoms with Gasteiger partial charge in [-0.3, -0.25) is 4.79 Å². The number of nitrogens with one attached hydrogen (secondary N) is 1. The minimum Gasteiger partial charge on any atom is -0.353 e. The number of amides is 1. The summed E-state index contributed by atoms with van der Waals surface area (Å²) in [5.74, 6) is 0.506. The van der Waals surface area contributed by atoms with Crippen LogP contribution in [0.15, 0.2) is 42.1 Å². The van der Waals surface area contributed by atoms with E-state index < -0.39 is 0 Å². The Balaban J connectivity index is 1.76. The molecule has 2 aromatic rings. The standard InChI is InChI=1S/C15H17N3OS/c1-2-9-18-13-6-4-3-5-12(13)17-15(18)20-10-14(19)16-11-7-8-11/h2-6,11H,1,7-10H2,(H,16,19). The maximum atomic E-state index is 11.8. The number of imidazole rings is 1. The van der Waals surface area contributed by atoms with Gasteiger partial charge in [-0.25, -0.2) is 4.98 Å². The quantitative estimate of drug-likeness (QED) is 0.656. The summed E-state index contributed by atoms with van der Waals surface area (Å²) in [6.07, 6.45) is 4.08. The van der Waals surface area contributed by atoms with Gasteiger partial charge in [-0.15, -0.1) is 6.58 Å². The van der Waals surface area contributed by atoms with Gasteiger partial charge in [0.1, 0.15) is 0 Å². The zero-order valence-corrected chi connectivity index (χ0v) is 12.0. The Morgan fingerprint density at radius 2 is 2.30 bits per heavy atom. The number of hydrogen-bond acceptors (Lipinski definition) is 3. The maximum absolute atomic E-state index is 11.8. The Morgan fingerprint density at radius 3 is 3.05 bits per heavy atom. The molecule has 104 valence electrons. The highest BCUT2D eigenvalue weighted by molar-refractivity contribution is 7.99. The van der Waals surface area contributed by atoms with E-state index in [4.69, 9.17) is 0 Å². The van der Waals surface area contributed by atoms with Crippen molar-refractivity contribution in [2.75, 3.05) is 5.75 Å². The van der Waals surface area contributed by atoms with Gasteiger partial charge in [0, 0.05) is 12.6 Å². The van der Waals surface area contributed by atoms with Gasteiger partial charge in [0.15, 0.2) is 5.16 Å². The predicted molar refractivity (Wildman–Crippen MR) is 81.8 cm³/mol. The third kappa shape index (κ3) is 2.88. The van der Waals surface area contributed by atoms with Crippen molar-refractivity contribution >= 4 is 28.7 Å². The van der Waals surface area contributed by atoms with Crippen molar-refractivity contribution in [1.29, 1.82) is 0 Å². The number of hydrogen-bond donors (Lipinski definition) is 1. The van der Waals surface area contributed by atoms with Crippen molar-refractivity contribution in [2.24, 2.45) is 0 Å². The van der Waals surface area contributed by atoms with Crippen molar-refractivity contribution in [3.8, 4) is 0 Å². The Labute approximate surface area is 122 Å². The van der Waals surface area contributed by atoms with Crippen LogP contribution in [0, 0.1) is 0 Å². The summed E-state index contributed by atoms with van der Waals surface area (Å²) in [5.41, 5.74) is 2.04. The van der Waals surface area contributed by atoms with Crippen LogP contribution in [0.2, 0.25) is 0 Å². The Kier molecular flexibility index (Phi) is 3.78. The van der Waals surface area contributed by atoms with E-state index in [2.05, 4.69) is 21.4 Å². The van der Waals surface area contributed by atoms with Gasteiger partial charge in [-0.2, -0.15) is 0 Å². The maximum Gasteiger partial charge on any atom is 0.230 e. The summed E-state index contributed by atoms with van der Waals surface area (Å²) in [5, 5.41) is 3.86. The van der Waals surface area contributed by atoms with Gasteiger partial charge in [-0.1, -0.05) is 30.0 Å². The van der Waals surface area contributed by atoms with E-state index in [1.54, 1.807) is 0 Å². The zero-order chi connectivity index (χ0) is 13.9. The molecule has 5 heteroatoms. The number of carbonyl (C=O) groups excluding carboxylic acids is 1. The second kappa shape index (κ2) is 5.71. The summed E-state index contributed by atoms with van der Waals surface area (Å²) >= 11 is 1.48. The molecule has 0 radical (unpaired) electrons. The van der Waals surface area contributed by atoms with E-state index in [0.29, 0.717) is 18.3 Å². The Morgan fingerprint density at radius 1 is 1.50 bits per heavy atom. The molecule has 1 heterocycles. The smallest absolute Gasteiger partial charge is 0.230 e. The number of rotatable bonds is 6. The molecule has 1 saturated carbocycles.